The lowest BCUT2D eigenvalue weighted by atomic mass is 9.67. The minimum atomic E-state index is -0.134. The van der Waals surface area contributed by atoms with Gasteiger partial charge in [0.25, 0.3) is 0 Å². The van der Waals surface area contributed by atoms with Crippen molar-refractivity contribution in [2.45, 2.75) is 51.0 Å². The zero-order valence-corrected chi connectivity index (χ0v) is 13.2. The van der Waals surface area contributed by atoms with E-state index in [1.165, 1.54) is 36.8 Å². The Bertz CT molecular complexity index is 570. The number of aryl methyl sites for hydroxylation is 1. The Morgan fingerprint density at radius 3 is 3.05 bits per heavy atom. The van der Waals surface area contributed by atoms with Gasteiger partial charge in [0.2, 0.25) is 5.91 Å². The number of carbonyl (C=O) groups excluding carboxylic acids is 1. The van der Waals surface area contributed by atoms with E-state index in [1.54, 1.807) is 0 Å². The van der Waals surface area contributed by atoms with Gasteiger partial charge in [-0.3, -0.25) is 4.79 Å². The molecule has 0 radical (unpaired) electrons. The summed E-state index contributed by atoms with van der Waals surface area (Å²) in [7, 11) is 0. The Balaban J connectivity index is 1.55. The Kier molecular flexibility index (Phi) is 3.69. The van der Waals surface area contributed by atoms with Gasteiger partial charge in [0.1, 0.15) is 0 Å². The van der Waals surface area contributed by atoms with E-state index in [0.717, 1.165) is 32.4 Å². The van der Waals surface area contributed by atoms with Crippen LogP contribution >= 0.6 is 0 Å². The first-order valence-electron chi connectivity index (χ1n) is 8.89. The number of benzene rings is 1. The minimum Gasteiger partial charge on any atom is -0.349 e. The van der Waals surface area contributed by atoms with Crippen LogP contribution in [0.15, 0.2) is 24.3 Å². The summed E-state index contributed by atoms with van der Waals surface area (Å²) >= 11 is 0. The van der Waals surface area contributed by atoms with Gasteiger partial charge in [-0.15, -0.1) is 0 Å². The molecule has 118 valence electrons. The fraction of sp³-hybridized carbons (Fsp3) is 0.632. The normalized spacial score (nSPS) is 33.8. The quantitative estimate of drug-likeness (QED) is 0.881. The highest BCUT2D eigenvalue weighted by Gasteiger charge is 2.50. The zero-order valence-electron chi connectivity index (χ0n) is 13.2. The molecule has 2 fully saturated rings. The Labute approximate surface area is 132 Å². The molecule has 1 aromatic rings. The highest BCUT2D eigenvalue weighted by Crippen LogP contribution is 2.44. The van der Waals surface area contributed by atoms with Crippen molar-refractivity contribution >= 4 is 5.91 Å². The SMILES string of the molecule is O=C(NC1CCCc2ccccc21)[C@@]12CCCC[C@H]1CNC2. The van der Waals surface area contributed by atoms with E-state index in [9.17, 15) is 4.79 Å². The van der Waals surface area contributed by atoms with Crippen LogP contribution in [0.1, 0.15) is 55.7 Å². The molecule has 3 atom stereocenters. The van der Waals surface area contributed by atoms with E-state index < -0.39 is 0 Å². The standard InChI is InChI=1S/C19H26N2O/c22-18(19-11-4-3-8-15(19)12-20-13-19)21-17-10-5-7-14-6-1-2-9-16(14)17/h1-2,6,9,15,17,20H,3-5,7-8,10-13H2,(H,21,22)/t15-,17?,19+/m0/s1. The Hall–Kier alpha value is -1.35. The number of amides is 1. The van der Waals surface area contributed by atoms with E-state index in [1.807, 2.05) is 0 Å². The highest BCUT2D eigenvalue weighted by molar-refractivity contribution is 5.84. The fourth-order valence-corrected chi connectivity index (χ4v) is 4.90. The molecule has 1 aliphatic heterocycles. The molecule has 0 spiro atoms. The molecule has 2 N–H and O–H groups in total. The molecule has 1 heterocycles. The monoisotopic (exact) mass is 298 g/mol. The molecule has 1 unspecified atom stereocenters. The molecule has 3 aliphatic rings. The molecular weight excluding hydrogens is 272 g/mol. The predicted molar refractivity (Wildman–Crippen MR) is 87.5 cm³/mol. The molecule has 2 aliphatic carbocycles. The Morgan fingerprint density at radius 1 is 1.18 bits per heavy atom. The lowest BCUT2D eigenvalue weighted by Gasteiger charge is -2.39. The molecule has 1 saturated carbocycles. The number of hydrogen-bond acceptors (Lipinski definition) is 2. The van der Waals surface area contributed by atoms with Gasteiger partial charge in [-0.25, -0.2) is 0 Å². The van der Waals surface area contributed by atoms with Crippen LogP contribution in [0.25, 0.3) is 0 Å². The van der Waals surface area contributed by atoms with Gasteiger partial charge in [0.15, 0.2) is 0 Å². The van der Waals surface area contributed by atoms with Crippen molar-refractivity contribution in [1.82, 2.24) is 10.6 Å². The first-order valence-corrected chi connectivity index (χ1v) is 8.89. The van der Waals surface area contributed by atoms with Gasteiger partial charge in [0.05, 0.1) is 11.5 Å². The molecule has 3 nitrogen and oxygen atoms in total. The van der Waals surface area contributed by atoms with Crippen molar-refractivity contribution in [1.29, 1.82) is 0 Å². The van der Waals surface area contributed by atoms with Crippen LogP contribution in [0, 0.1) is 11.3 Å². The van der Waals surface area contributed by atoms with Gasteiger partial charge in [-0.05, 0) is 55.7 Å². The summed E-state index contributed by atoms with van der Waals surface area (Å²) in [5, 5.41) is 6.91. The van der Waals surface area contributed by atoms with E-state index in [4.69, 9.17) is 0 Å². The zero-order chi connectivity index (χ0) is 15.0. The number of rotatable bonds is 2. The van der Waals surface area contributed by atoms with Crippen molar-refractivity contribution in [2.75, 3.05) is 13.1 Å². The topological polar surface area (TPSA) is 41.1 Å². The number of carbonyl (C=O) groups is 1. The maximum Gasteiger partial charge on any atom is 0.228 e. The summed E-state index contributed by atoms with van der Waals surface area (Å²) in [6.45, 7) is 1.90. The molecule has 1 saturated heterocycles. The maximum absolute atomic E-state index is 13.1. The van der Waals surface area contributed by atoms with E-state index >= 15 is 0 Å². The Morgan fingerprint density at radius 2 is 2.09 bits per heavy atom. The number of hydrogen-bond donors (Lipinski definition) is 2. The summed E-state index contributed by atoms with van der Waals surface area (Å²) in [4.78, 5) is 13.1. The van der Waals surface area contributed by atoms with Gasteiger partial charge in [-0.1, -0.05) is 37.1 Å². The second kappa shape index (κ2) is 5.69. The van der Waals surface area contributed by atoms with E-state index in [-0.39, 0.29) is 11.5 Å². The number of fused-ring (bicyclic) bond motifs is 2. The summed E-state index contributed by atoms with van der Waals surface area (Å²) in [5.74, 6) is 0.851. The second-order valence-corrected chi connectivity index (χ2v) is 7.35. The first kappa shape index (κ1) is 14.3. The molecule has 1 aromatic carbocycles. The van der Waals surface area contributed by atoms with Gasteiger partial charge in [0, 0.05) is 6.54 Å². The predicted octanol–water partition coefficient (Wildman–Crippen LogP) is 2.96. The summed E-state index contributed by atoms with van der Waals surface area (Å²) < 4.78 is 0. The summed E-state index contributed by atoms with van der Waals surface area (Å²) in [6, 6.07) is 8.84. The van der Waals surface area contributed by atoms with E-state index in [0.29, 0.717) is 11.8 Å². The third-order valence-electron chi connectivity index (χ3n) is 6.17. The van der Waals surface area contributed by atoms with Gasteiger partial charge in [-0.2, -0.15) is 0 Å². The minimum absolute atomic E-state index is 0.134. The lowest BCUT2D eigenvalue weighted by Crippen LogP contribution is -2.49. The van der Waals surface area contributed by atoms with Crippen molar-refractivity contribution in [3.8, 4) is 0 Å². The average molecular weight is 298 g/mol. The molecule has 22 heavy (non-hydrogen) atoms. The van der Waals surface area contributed by atoms with Crippen LogP contribution in [0.3, 0.4) is 0 Å². The molecule has 1 amide bonds. The van der Waals surface area contributed by atoms with Gasteiger partial charge >= 0.3 is 0 Å². The van der Waals surface area contributed by atoms with Crippen LogP contribution in [-0.4, -0.2) is 19.0 Å². The molecule has 0 aromatic heterocycles. The highest BCUT2D eigenvalue weighted by atomic mass is 16.2. The van der Waals surface area contributed by atoms with Crippen LogP contribution in [0.2, 0.25) is 0 Å². The molecule has 3 heteroatoms. The summed E-state index contributed by atoms with van der Waals surface area (Å²) in [6.07, 6.45) is 8.17. The number of nitrogens with one attached hydrogen (secondary N) is 2. The second-order valence-electron chi connectivity index (χ2n) is 7.35. The molecular formula is C19H26N2O. The third kappa shape index (κ3) is 2.26. The maximum atomic E-state index is 13.1. The molecule has 0 bridgehead atoms. The van der Waals surface area contributed by atoms with Crippen molar-refractivity contribution < 1.29 is 4.79 Å². The van der Waals surface area contributed by atoms with Crippen LogP contribution < -0.4 is 10.6 Å². The van der Waals surface area contributed by atoms with Crippen molar-refractivity contribution in [2.24, 2.45) is 11.3 Å². The third-order valence-corrected chi connectivity index (χ3v) is 6.17. The molecule has 4 rings (SSSR count). The van der Waals surface area contributed by atoms with E-state index in [2.05, 4.69) is 34.9 Å². The van der Waals surface area contributed by atoms with Crippen LogP contribution in [0.5, 0.6) is 0 Å². The summed E-state index contributed by atoms with van der Waals surface area (Å²) in [5.41, 5.74) is 2.63. The smallest absolute Gasteiger partial charge is 0.228 e. The lowest BCUT2D eigenvalue weighted by molar-refractivity contribution is -0.135. The average Bonchev–Trinajstić information content (AvgIpc) is 3.00. The largest absolute Gasteiger partial charge is 0.349 e. The van der Waals surface area contributed by atoms with Gasteiger partial charge < -0.3 is 10.6 Å². The van der Waals surface area contributed by atoms with Crippen LogP contribution in [-0.2, 0) is 11.2 Å². The van der Waals surface area contributed by atoms with Crippen LogP contribution in [0.4, 0.5) is 0 Å². The van der Waals surface area contributed by atoms with Crippen molar-refractivity contribution in [3.63, 3.8) is 0 Å². The van der Waals surface area contributed by atoms with Crippen molar-refractivity contribution in [3.05, 3.63) is 35.4 Å². The first-order chi connectivity index (χ1) is 10.8. The fourth-order valence-electron chi connectivity index (χ4n) is 4.90.